The average Bonchev–Trinajstić information content (AvgIpc) is 2.24. The number of rotatable bonds is 9. The Labute approximate surface area is 103 Å². The van der Waals surface area contributed by atoms with Crippen molar-refractivity contribution in [3.05, 3.63) is 23.3 Å². The molecule has 0 fully saturated rings. The lowest BCUT2D eigenvalue weighted by molar-refractivity contribution is 0.691. The van der Waals surface area contributed by atoms with Crippen molar-refractivity contribution >= 4 is 0 Å². The van der Waals surface area contributed by atoms with Crippen molar-refractivity contribution in [3.8, 4) is 0 Å². The first-order valence-corrected chi connectivity index (χ1v) is 6.87. The molecule has 16 heavy (non-hydrogen) atoms. The Bertz CT molecular complexity index is 220. The van der Waals surface area contributed by atoms with Gasteiger partial charge in [0.1, 0.15) is 0 Å². The molecule has 0 aliphatic heterocycles. The molecule has 0 aliphatic rings. The second-order valence-corrected chi connectivity index (χ2v) is 5.18. The van der Waals surface area contributed by atoms with E-state index in [-0.39, 0.29) is 0 Å². The van der Waals surface area contributed by atoms with Gasteiger partial charge in [-0.1, -0.05) is 36.5 Å². The van der Waals surface area contributed by atoms with Gasteiger partial charge in [0.2, 0.25) is 0 Å². The molecule has 0 amide bonds. The van der Waals surface area contributed by atoms with E-state index >= 15 is 0 Å². The molecule has 0 atom stereocenters. The molecular weight excluding hydrogens is 192 g/mol. The molecule has 0 unspecified atom stereocenters. The monoisotopic (exact) mass is 222 g/mol. The SMILES string of the molecule is C=C(C)CCCCC(C)=C(C)CCCCC. The zero-order valence-corrected chi connectivity index (χ0v) is 11.9. The highest BCUT2D eigenvalue weighted by Gasteiger charge is 1.98. The summed E-state index contributed by atoms with van der Waals surface area (Å²) in [5, 5.41) is 0. The van der Waals surface area contributed by atoms with E-state index in [2.05, 4.69) is 34.3 Å². The molecule has 0 spiro atoms. The van der Waals surface area contributed by atoms with Crippen LogP contribution in [-0.4, -0.2) is 0 Å². The first-order valence-electron chi connectivity index (χ1n) is 6.87. The lowest BCUT2D eigenvalue weighted by atomic mass is 9.99. The number of hydrogen-bond acceptors (Lipinski definition) is 0. The van der Waals surface area contributed by atoms with Crippen LogP contribution >= 0.6 is 0 Å². The molecule has 0 heterocycles. The zero-order chi connectivity index (χ0) is 12.4. The average molecular weight is 222 g/mol. The largest absolute Gasteiger partial charge is 0.100 e. The van der Waals surface area contributed by atoms with Crippen molar-refractivity contribution in [3.63, 3.8) is 0 Å². The van der Waals surface area contributed by atoms with Gasteiger partial charge in [-0.3, -0.25) is 0 Å². The van der Waals surface area contributed by atoms with Gasteiger partial charge in [-0.15, -0.1) is 6.58 Å². The number of allylic oxidation sites excluding steroid dienone is 3. The first kappa shape index (κ1) is 15.5. The van der Waals surface area contributed by atoms with Gasteiger partial charge in [-0.05, 0) is 59.3 Å². The normalized spacial score (nSPS) is 12.5. The molecule has 94 valence electrons. The second-order valence-electron chi connectivity index (χ2n) is 5.18. The van der Waals surface area contributed by atoms with Gasteiger partial charge in [0.25, 0.3) is 0 Å². The third kappa shape index (κ3) is 8.76. The third-order valence-electron chi connectivity index (χ3n) is 3.29. The summed E-state index contributed by atoms with van der Waals surface area (Å²) in [5.41, 5.74) is 4.57. The van der Waals surface area contributed by atoms with Crippen LogP contribution in [0.15, 0.2) is 23.3 Å². The Morgan fingerprint density at radius 1 is 0.750 bits per heavy atom. The van der Waals surface area contributed by atoms with Crippen LogP contribution in [0.3, 0.4) is 0 Å². The molecule has 0 saturated carbocycles. The smallest absolute Gasteiger partial charge is 0.0320 e. The molecule has 0 heteroatoms. The van der Waals surface area contributed by atoms with Crippen LogP contribution in [-0.2, 0) is 0 Å². The second kappa shape index (κ2) is 9.69. The summed E-state index contributed by atoms with van der Waals surface area (Å²) in [7, 11) is 0. The highest BCUT2D eigenvalue weighted by molar-refractivity contribution is 5.09. The maximum absolute atomic E-state index is 3.94. The van der Waals surface area contributed by atoms with Crippen molar-refractivity contribution in [1.29, 1.82) is 0 Å². The molecule has 0 bridgehead atoms. The molecule has 0 saturated heterocycles. The van der Waals surface area contributed by atoms with E-state index in [4.69, 9.17) is 0 Å². The minimum absolute atomic E-state index is 1.20. The van der Waals surface area contributed by atoms with E-state index < -0.39 is 0 Å². The van der Waals surface area contributed by atoms with Crippen molar-refractivity contribution in [2.75, 3.05) is 0 Å². The van der Waals surface area contributed by atoms with Gasteiger partial charge in [0.15, 0.2) is 0 Å². The van der Waals surface area contributed by atoms with E-state index in [9.17, 15) is 0 Å². The van der Waals surface area contributed by atoms with E-state index in [0.717, 1.165) is 0 Å². The molecule has 0 aromatic rings. The van der Waals surface area contributed by atoms with Gasteiger partial charge >= 0.3 is 0 Å². The lowest BCUT2D eigenvalue weighted by Crippen LogP contribution is -1.87. The molecule has 0 radical (unpaired) electrons. The van der Waals surface area contributed by atoms with Crippen molar-refractivity contribution < 1.29 is 0 Å². The van der Waals surface area contributed by atoms with E-state index in [1.807, 2.05) is 0 Å². The van der Waals surface area contributed by atoms with Crippen LogP contribution in [0.4, 0.5) is 0 Å². The Kier molecular flexibility index (Phi) is 9.37. The summed E-state index contributed by atoms with van der Waals surface area (Å²) in [6.07, 6.45) is 10.5. The highest BCUT2D eigenvalue weighted by atomic mass is 14.0. The van der Waals surface area contributed by atoms with Gasteiger partial charge in [0.05, 0.1) is 0 Å². The molecule has 0 N–H and O–H groups in total. The summed E-state index contributed by atoms with van der Waals surface area (Å²) in [6, 6.07) is 0. The maximum Gasteiger partial charge on any atom is -0.0320 e. The van der Waals surface area contributed by atoms with Crippen molar-refractivity contribution in [2.45, 2.75) is 79.1 Å². The fourth-order valence-electron chi connectivity index (χ4n) is 1.88. The molecule has 0 aromatic carbocycles. The van der Waals surface area contributed by atoms with E-state index in [1.165, 1.54) is 56.9 Å². The molecular formula is C16H30. The van der Waals surface area contributed by atoms with Crippen LogP contribution in [0, 0.1) is 0 Å². The Hall–Kier alpha value is -0.520. The summed E-state index contributed by atoms with van der Waals surface area (Å²) in [4.78, 5) is 0. The predicted molar refractivity (Wildman–Crippen MR) is 75.8 cm³/mol. The third-order valence-corrected chi connectivity index (χ3v) is 3.29. The van der Waals surface area contributed by atoms with Crippen molar-refractivity contribution in [1.82, 2.24) is 0 Å². The molecule has 0 nitrogen and oxygen atoms in total. The van der Waals surface area contributed by atoms with Crippen LogP contribution in [0.25, 0.3) is 0 Å². The Morgan fingerprint density at radius 3 is 1.62 bits per heavy atom. The zero-order valence-electron chi connectivity index (χ0n) is 11.9. The summed E-state index contributed by atoms with van der Waals surface area (Å²) >= 11 is 0. The fraction of sp³-hybridized carbons (Fsp3) is 0.750. The quantitative estimate of drug-likeness (QED) is 0.329. The van der Waals surface area contributed by atoms with Gasteiger partial charge in [-0.2, -0.15) is 0 Å². The predicted octanol–water partition coefficient (Wildman–Crippen LogP) is 6.04. The first-order chi connectivity index (χ1) is 7.57. The van der Waals surface area contributed by atoms with Gasteiger partial charge in [0, 0.05) is 0 Å². The maximum atomic E-state index is 3.94. The van der Waals surface area contributed by atoms with E-state index in [1.54, 1.807) is 11.1 Å². The van der Waals surface area contributed by atoms with Gasteiger partial charge in [-0.25, -0.2) is 0 Å². The summed E-state index contributed by atoms with van der Waals surface area (Å²) in [5.74, 6) is 0. The van der Waals surface area contributed by atoms with Gasteiger partial charge < -0.3 is 0 Å². The number of hydrogen-bond donors (Lipinski definition) is 0. The van der Waals surface area contributed by atoms with E-state index in [0.29, 0.717) is 0 Å². The topological polar surface area (TPSA) is 0 Å². The molecule has 0 rings (SSSR count). The number of unbranched alkanes of at least 4 members (excludes halogenated alkanes) is 3. The van der Waals surface area contributed by atoms with Crippen LogP contribution < -0.4 is 0 Å². The van der Waals surface area contributed by atoms with Crippen LogP contribution in [0.2, 0.25) is 0 Å². The highest BCUT2D eigenvalue weighted by Crippen LogP contribution is 2.18. The Balaban J connectivity index is 3.70. The minimum Gasteiger partial charge on any atom is -0.100 e. The van der Waals surface area contributed by atoms with Crippen LogP contribution in [0.1, 0.15) is 79.1 Å². The molecule has 0 aromatic heterocycles. The molecule has 0 aliphatic carbocycles. The van der Waals surface area contributed by atoms with Crippen molar-refractivity contribution in [2.24, 2.45) is 0 Å². The summed E-state index contributed by atoms with van der Waals surface area (Å²) in [6.45, 7) is 13.0. The van der Waals surface area contributed by atoms with Crippen LogP contribution in [0.5, 0.6) is 0 Å². The fourth-order valence-corrected chi connectivity index (χ4v) is 1.88. The lowest BCUT2D eigenvalue weighted by Gasteiger charge is -2.08. The Morgan fingerprint density at radius 2 is 1.19 bits per heavy atom. The standard InChI is InChI=1S/C16H30/c1-6-7-8-12-15(4)16(5)13-10-9-11-14(2)3/h2,6-13H2,1,3-5H3. The minimum atomic E-state index is 1.20. The summed E-state index contributed by atoms with van der Waals surface area (Å²) < 4.78 is 0.